The van der Waals surface area contributed by atoms with Gasteiger partial charge in [0.1, 0.15) is 5.82 Å². The summed E-state index contributed by atoms with van der Waals surface area (Å²) in [5.74, 6) is 0.249. The molecule has 2 amide bonds. The number of rotatable bonds is 4. The molecule has 0 aliphatic carbocycles. The number of hydrogen-bond donors (Lipinski definition) is 0. The van der Waals surface area contributed by atoms with Crippen molar-refractivity contribution in [2.45, 2.75) is 47.0 Å². The Labute approximate surface area is 161 Å². The number of amides is 2. The molecule has 0 N–H and O–H groups in total. The van der Waals surface area contributed by atoms with E-state index in [0.29, 0.717) is 49.6 Å². The number of benzene rings is 1. The summed E-state index contributed by atoms with van der Waals surface area (Å²) in [5, 5.41) is 0. The van der Waals surface area contributed by atoms with Gasteiger partial charge in [-0.05, 0) is 42.5 Å². The summed E-state index contributed by atoms with van der Waals surface area (Å²) in [6, 6.07) is 3.36. The van der Waals surface area contributed by atoms with Crippen molar-refractivity contribution in [1.82, 2.24) is 4.90 Å². The van der Waals surface area contributed by atoms with Crippen LogP contribution in [0.3, 0.4) is 0 Å². The van der Waals surface area contributed by atoms with Gasteiger partial charge in [0.2, 0.25) is 11.8 Å². The molecule has 4 nitrogen and oxygen atoms in total. The molecule has 0 bridgehead atoms. The van der Waals surface area contributed by atoms with E-state index in [4.69, 9.17) is 0 Å². The zero-order valence-corrected chi connectivity index (χ0v) is 16.7. The summed E-state index contributed by atoms with van der Waals surface area (Å²) in [7, 11) is 0. The summed E-state index contributed by atoms with van der Waals surface area (Å²) >= 11 is 0. The first-order chi connectivity index (χ1) is 12.8. The lowest BCUT2D eigenvalue weighted by Gasteiger charge is -2.28. The maximum absolute atomic E-state index is 14.9. The number of carbonyl (C=O) groups excluding carboxylic acids is 2. The Balaban J connectivity index is 1.82. The fraction of sp³-hybridized carbons (Fsp3) is 0.545. The van der Waals surface area contributed by atoms with Crippen molar-refractivity contribution in [1.29, 1.82) is 0 Å². The summed E-state index contributed by atoms with van der Waals surface area (Å²) in [6.07, 6.45) is 4.11. The Hall–Kier alpha value is -2.17. The van der Waals surface area contributed by atoms with E-state index in [1.165, 1.54) is 6.07 Å². The van der Waals surface area contributed by atoms with Crippen molar-refractivity contribution in [3.05, 3.63) is 35.2 Å². The molecule has 2 aliphatic heterocycles. The van der Waals surface area contributed by atoms with Gasteiger partial charge < -0.3 is 9.80 Å². The highest BCUT2D eigenvalue weighted by atomic mass is 19.1. The van der Waals surface area contributed by atoms with Crippen molar-refractivity contribution in [2.75, 3.05) is 24.5 Å². The van der Waals surface area contributed by atoms with Crippen molar-refractivity contribution < 1.29 is 14.0 Å². The van der Waals surface area contributed by atoms with E-state index in [9.17, 15) is 14.0 Å². The van der Waals surface area contributed by atoms with E-state index in [1.54, 1.807) is 4.90 Å². The zero-order valence-electron chi connectivity index (χ0n) is 16.7. The number of halogens is 1. The molecule has 0 saturated carbocycles. The fourth-order valence-electron chi connectivity index (χ4n) is 3.97. The minimum absolute atomic E-state index is 0.0249. The van der Waals surface area contributed by atoms with Gasteiger partial charge in [0.05, 0.1) is 0 Å². The number of anilines is 1. The highest BCUT2D eigenvalue weighted by Gasteiger charge is 2.31. The van der Waals surface area contributed by atoms with Crippen LogP contribution in [0, 0.1) is 24.6 Å². The van der Waals surface area contributed by atoms with Gasteiger partial charge in [-0.15, -0.1) is 0 Å². The monoisotopic (exact) mass is 372 g/mol. The van der Waals surface area contributed by atoms with Crippen LogP contribution in [-0.2, 0) is 9.59 Å². The van der Waals surface area contributed by atoms with Crippen LogP contribution in [0.4, 0.5) is 10.1 Å². The average molecular weight is 372 g/mol. The largest absolute Gasteiger partial charge is 0.338 e. The van der Waals surface area contributed by atoms with E-state index in [-0.39, 0.29) is 23.5 Å². The predicted octanol–water partition coefficient (Wildman–Crippen LogP) is 4.17. The second-order valence-electron chi connectivity index (χ2n) is 8.02. The van der Waals surface area contributed by atoms with Crippen LogP contribution >= 0.6 is 0 Å². The van der Waals surface area contributed by atoms with Gasteiger partial charge in [-0.2, -0.15) is 0 Å². The second kappa shape index (κ2) is 7.83. The van der Waals surface area contributed by atoms with Gasteiger partial charge in [-0.1, -0.05) is 33.3 Å². The highest BCUT2D eigenvalue weighted by Crippen LogP contribution is 2.34. The van der Waals surface area contributed by atoms with E-state index in [2.05, 4.69) is 6.92 Å². The van der Waals surface area contributed by atoms with E-state index in [1.807, 2.05) is 37.8 Å². The molecule has 1 aromatic rings. The number of hydrogen-bond acceptors (Lipinski definition) is 2. The molecular weight excluding hydrogens is 343 g/mol. The standard InChI is InChI=1S/C22H29FN2O2/c1-5-16-11-21(26)25(13-16)20-12-19(23)18(10-15(20)4)17-6-8-24(9-7-17)22(27)14(2)3/h6,10,12,14,16H,5,7-9,11,13H2,1-4H3. The molecule has 5 heteroatoms. The minimum Gasteiger partial charge on any atom is -0.338 e. The normalized spacial score (nSPS) is 20.4. The maximum Gasteiger partial charge on any atom is 0.227 e. The van der Waals surface area contributed by atoms with Crippen LogP contribution < -0.4 is 4.90 Å². The topological polar surface area (TPSA) is 40.6 Å². The molecule has 1 atom stereocenters. The maximum atomic E-state index is 14.9. The van der Waals surface area contributed by atoms with Crippen LogP contribution in [0.25, 0.3) is 5.57 Å². The number of aryl methyl sites for hydroxylation is 1. The molecular formula is C22H29FN2O2. The second-order valence-corrected chi connectivity index (χ2v) is 8.02. The Morgan fingerprint density at radius 1 is 1.33 bits per heavy atom. The summed E-state index contributed by atoms with van der Waals surface area (Å²) in [6.45, 7) is 9.62. The quantitative estimate of drug-likeness (QED) is 0.796. The average Bonchev–Trinajstić information content (AvgIpc) is 3.03. The summed E-state index contributed by atoms with van der Waals surface area (Å²) in [4.78, 5) is 28.0. The molecule has 146 valence electrons. The fourth-order valence-corrected chi connectivity index (χ4v) is 3.97. The number of carbonyl (C=O) groups is 2. The van der Waals surface area contributed by atoms with E-state index < -0.39 is 0 Å². The zero-order chi connectivity index (χ0) is 19.7. The van der Waals surface area contributed by atoms with Gasteiger partial charge in [-0.3, -0.25) is 9.59 Å². The van der Waals surface area contributed by atoms with Crippen LogP contribution in [0.2, 0.25) is 0 Å². The molecule has 1 fully saturated rings. The highest BCUT2D eigenvalue weighted by molar-refractivity contribution is 5.96. The van der Waals surface area contributed by atoms with Crippen molar-refractivity contribution in [3.63, 3.8) is 0 Å². The van der Waals surface area contributed by atoms with Crippen molar-refractivity contribution >= 4 is 23.1 Å². The first-order valence-electron chi connectivity index (χ1n) is 9.90. The van der Waals surface area contributed by atoms with Gasteiger partial charge in [0, 0.05) is 43.2 Å². The molecule has 0 radical (unpaired) electrons. The molecule has 3 rings (SSSR count). The predicted molar refractivity (Wildman–Crippen MR) is 106 cm³/mol. The van der Waals surface area contributed by atoms with Crippen LogP contribution in [-0.4, -0.2) is 36.3 Å². The van der Waals surface area contributed by atoms with Gasteiger partial charge in [0.25, 0.3) is 0 Å². The molecule has 1 aromatic carbocycles. The Bertz CT molecular complexity index is 785. The van der Waals surface area contributed by atoms with Crippen LogP contribution in [0.1, 0.15) is 51.2 Å². The molecule has 0 aromatic heterocycles. The van der Waals surface area contributed by atoms with E-state index in [0.717, 1.165) is 17.6 Å². The lowest BCUT2D eigenvalue weighted by Crippen LogP contribution is -2.37. The lowest BCUT2D eigenvalue weighted by molar-refractivity contribution is -0.134. The van der Waals surface area contributed by atoms with E-state index >= 15 is 0 Å². The van der Waals surface area contributed by atoms with Gasteiger partial charge >= 0.3 is 0 Å². The Kier molecular flexibility index (Phi) is 5.68. The molecule has 2 heterocycles. The molecule has 27 heavy (non-hydrogen) atoms. The summed E-state index contributed by atoms with van der Waals surface area (Å²) < 4.78 is 14.9. The Morgan fingerprint density at radius 2 is 2.07 bits per heavy atom. The van der Waals surface area contributed by atoms with Crippen molar-refractivity contribution in [2.24, 2.45) is 11.8 Å². The van der Waals surface area contributed by atoms with Crippen LogP contribution in [0.5, 0.6) is 0 Å². The Morgan fingerprint density at radius 3 is 2.63 bits per heavy atom. The molecule has 1 saturated heterocycles. The first-order valence-corrected chi connectivity index (χ1v) is 9.90. The third kappa shape index (κ3) is 3.92. The molecule has 2 aliphatic rings. The van der Waals surface area contributed by atoms with Gasteiger partial charge in [-0.25, -0.2) is 4.39 Å². The third-order valence-corrected chi connectivity index (χ3v) is 5.72. The van der Waals surface area contributed by atoms with Crippen LogP contribution in [0.15, 0.2) is 18.2 Å². The molecule has 1 unspecified atom stereocenters. The summed E-state index contributed by atoms with van der Waals surface area (Å²) in [5.41, 5.74) is 3.13. The first kappa shape index (κ1) is 19.6. The SMILES string of the molecule is CCC1CC(=O)N(c2cc(F)c(C3=CCN(C(=O)C(C)C)CC3)cc2C)C1. The third-order valence-electron chi connectivity index (χ3n) is 5.72. The van der Waals surface area contributed by atoms with Crippen molar-refractivity contribution in [3.8, 4) is 0 Å². The van der Waals surface area contributed by atoms with Gasteiger partial charge in [0.15, 0.2) is 0 Å². The molecule has 0 spiro atoms. The lowest BCUT2D eigenvalue weighted by atomic mass is 9.96. The smallest absolute Gasteiger partial charge is 0.227 e. The minimum atomic E-state index is -0.293. The number of nitrogens with zero attached hydrogens (tertiary/aromatic N) is 2.